The van der Waals surface area contributed by atoms with Crippen LogP contribution in [0.4, 0.5) is 0 Å². The van der Waals surface area contributed by atoms with Gasteiger partial charge in [-0.25, -0.2) is 0 Å². The molecule has 0 radical (unpaired) electrons. The van der Waals surface area contributed by atoms with Crippen LogP contribution in [0.25, 0.3) is 0 Å². The summed E-state index contributed by atoms with van der Waals surface area (Å²) in [5.41, 5.74) is 0. The first-order chi connectivity index (χ1) is 5.93. The Morgan fingerprint density at radius 1 is 1.33 bits per heavy atom. The highest BCUT2D eigenvalue weighted by atomic mass is 16.7. The Bertz CT molecular complexity index is 104. The average molecular weight is 175 g/mol. The summed E-state index contributed by atoms with van der Waals surface area (Å²) in [6.45, 7) is 5.87. The molecule has 1 heterocycles. The van der Waals surface area contributed by atoms with Crippen LogP contribution < -0.4 is 0 Å². The molecule has 1 saturated heterocycles. The number of nitrogens with zero attached hydrogens (tertiary/aromatic N) is 1. The number of ether oxygens (including phenoxy) is 3. The van der Waals surface area contributed by atoms with Gasteiger partial charge in [0.1, 0.15) is 6.79 Å². The van der Waals surface area contributed by atoms with Gasteiger partial charge in [-0.3, -0.25) is 4.90 Å². The number of morpholine rings is 1. The lowest BCUT2D eigenvalue weighted by atomic mass is 10.4. The molecule has 1 fully saturated rings. The molecular weight excluding hydrogens is 158 g/mol. The van der Waals surface area contributed by atoms with E-state index >= 15 is 0 Å². The van der Waals surface area contributed by atoms with Crippen LogP contribution in [0.3, 0.4) is 0 Å². The Kier molecular flexibility index (Phi) is 5.27. The Labute approximate surface area is 73.4 Å². The van der Waals surface area contributed by atoms with Crippen molar-refractivity contribution >= 4 is 0 Å². The Balaban J connectivity index is 1.91. The normalized spacial score (nSPS) is 19.8. The van der Waals surface area contributed by atoms with Crippen molar-refractivity contribution in [3.05, 3.63) is 0 Å². The van der Waals surface area contributed by atoms with Crippen LogP contribution >= 0.6 is 0 Å². The molecule has 1 aliphatic heterocycles. The Hall–Kier alpha value is -0.160. The van der Waals surface area contributed by atoms with Gasteiger partial charge in [0.15, 0.2) is 0 Å². The number of rotatable bonds is 5. The Morgan fingerprint density at radius 3 is 2.75 bits per heavy atom. The van der Waals surface area contributed by atoms with Crippen molar-refractivity contribution in [3.63, 3.8) is 0 Å². The van der Waals surface area contributed by atoms with E-state index in [4.69, 9.17) is 14.2 Å². The second-order valence-electron chi connectivity index (χ2n) is 2.77. The van der Waals surface area contributed by atoms with E-state index < -0.39 is 0 Å². The first-order valence-corrected chi connectivity index (χ1v) is 4.30. The van der Waals surface area contributed by atoms with Crippen LogP contribution in [0.1, 0.15) is 0 Å². The molecule has 0 spiro atoms. The lowest BCUT2D eigenvalue weighted by molar-refractivity contribution is -0.0446. The average Bonchev–Trinajstić information content (AvgIpc) is 2.14. The third kappa shape index (κ3) is 4.01. The second kappa shape index (κ2) is 6.37. The smallest absolute Gasteiger partial charge is 0.146 e. The van der Waals surface area contributed by atoms with E-state index in [1.54, 1.807) is 7.11 Å². The van der Waals surface area contributed by atoms with Gasteiger partial charge >= 0.3 is 0 Å². The first-order valence-electron chi connectivity index (χ1n) is 4.30. The molecule has 0 aromatic rings. The van der Waals surface area contributed by atoms with E-state index in [-0.39, 0.29) is 0 Å². The predicted molar refractivity (Wildman–Crippen MR) is 45.1 cm³/mol. The third-order valence-electron chi connectivity index (χ3n) is 1.86. The highest BCUT2D eigenvalue weighted by Gasteiger charge is 2.08. The molecule has 72 valence electrons. The van der Waals surface area contributed by atoms with Gasteiger partial charge in [-0.2, -0.15) is 0 Å². The monoisotopic (exact) mass is 175 g/mol. The van der Waals surface area contributed by atoms with Crippen LogP contribution in [0, 0.1) is 0 Å². The van der Waals surface area contributed by atoms with Crippen LogP contribution in [-0.2, 0) is 14.2 Å². The maximum absolute atomic E-state index is 5.22. The van der Waals surface area contributed by atoms with Gasteiger partial charge in [0.05, 0.1) is 19.8 Å². The number of methoxy groups -OCH3 is 1. The standard InChI is InChI=1S/C8H17NO3/c1-10-8-12-7-4-9-2-5-11-6-3-9/h2-8H2,1H3. The fourth-order valence-corrected chi connectivity index (χ4v) is 1.16. The molecule has 0 amide bonds. The summed E-state index contributed by atoms with van der Waals surface area (Å²) in [5, 5.41) is 0. The molecule has 0 aliphatic carbocycles. The van der Waals surface area contributed by atoms with Crippen LogP contribution in [0.5, 0.6) is 0 Å². The fraction of sp³-hybridized carbons (Fsp3) is 1.00. The van der Waals surface area contributed by atoms with Gasteiger partial charge in [-0.15, -0.1) is 0 Å². The van der Waals surface area contributed by atoms with Crippen molar-refractivity contribution in [2.45, 2.75) is 0 Å². The van der Waals surface area contributed by atoms with E-state index in [1.807, 2.05) is 0 Å². The first kappa shape index (κ1) is 9.92. The summed E-state index contributed by atoms with van der Waals surface area (Å²) >= 11 is 0. The van der Waals surface area contributed by atoms with E-state index in [2.05, 4.69) is 4.90 Å². The zero-order chi connectivity index (χ0) is 8.65. The molecule has 0 N–H and O–H groups in total. The van der Waals surface area contributed by atoms with E-state index in [0.717, 1.165) is 39.5 Å². The summed E-state index contributed by atoms with van der Waals surface area (Å²) in [5.74, 6) is 0. The molecule has 0 bridgehead atoms. The molecule has 0 aromatic heterocycles. The molecule has 4 nitrogen and oxygen atoms in total. The minimum Gasteiger partial charge on any atom is -0.379 e. The van der Waals surface area contributed by atoms with E-state index in [0.29, 0.717) is 6.79 Å². The van der Waals surface area contributed by atoms with Crippen molar-refractivity contribution in [2.75, 3.05) is 53.4 Å². The zero-order valence-electron chi connectivity index (χ0n) is 7.62. The van der Waals surface area contributed by atoms with Gasteiger partial charge in [0, 0.05) is 26.7 Å². The van der Waals surface area contributed by atoms with Gasteiger partial charge in [-0.05, 0) is 0 Å². The SMILES string of the molecule is COCOCCN1CCOCC1. The summed E-state index contributed by atoms with van der Waals surface area (Å²) in [4.78, 5) is 2.33. The van der Waals surface area contributed by atoms with Crippen LogP contribution in [0.15, 0.2) is 0 Å². The van der Waals surface area contributed by atoms with Crippen LogP contribution in [0.2, 0.25) is 0 Å². The molecule has 0 aromatic carbocycles. The maximum Gasteiger partial charge on any atom is 0.146 e. The van der Waals surface area contributed by atoms with Crippen molar-refractivity contribution in [1.82, 2.24) is 4.90 Å². The largest absolute Gasteiger partial charge is 0.379 e. The lowest BCUT2D eigenvalue weighted by Gasteiger charge is -2.26. The minimum absolute atomic E-state index is 0.393. The number of hydrogen-bond donors (Lipinski definition) is 0. The third-order valence-corrected chi connectivity index (χ3v) is 1.86. The second-order valence-corrected chi connectivity index (χ2v) is 2.77. The lowest BCUT2D eigenvalue weighted by Crippen LogP contribution is -2.38. The molecular formula is C8H17NO3. The predicted octanol–water partition coefficient (Wildman–Crippen LogP) is -0.0609. The molecule has 0 saturated carbocycles. The molecule has 0 atom stereocenters. The van der Waals surface area contributed by atoms with Gasteiger partial charge in [0.25, 0.3) is 0 Å². The molecule has 1 aliphatic rings. The maximum atomic E-state index is 5.22. The van der Waals surface area contributed by atoms with Crippen molar-refractivity contribution in [3.8, 4) is 0 Å². The van der Waals surface area contributed by atoms with Gasteiger partial charge < -0.3 is 14.2 Å². The minimum atomic E-state index is 0.393. The van der Waals surface area contributed by atoms with E-state index in [1.165, 1.54) is 0 Å². The summed E-state index contributed by atoms with van der Waals surface area (Å²) in [6.07, 6.45) is 0. The molecule has 1 rings (SSSR count). The highest BCUT2D eigenvalue weighted by molar-refractivity contribution is 4.60. The van der Waals surface area contributed by atoms with Crippen LogP contribution in [-0.4, -0.2) is 58.3 Å². The van der Waals surface area contributed by atoms with E-state index in [9.17, 15) is 0 Å². The quantitative estimate of drug-likeness (QED) is 0.432. The number of hydrogen-bond acceptors (Lipinski definition) is 4. The van der Waals surface area contributed by atoms with Crippen molar-refractivity contribution < 1.29 is 14.2 Å². The highest BCUT2D eigenvalue weighted by Crippen LogP contribution is 1.95. The Morgan fingerprint density at radius 2 is 2.08 bits per heavy atom. The fourth-order valence-electron chi connectivity index (χ4n) is 1.16. The summed E-state index contributed by atoms with van der Waals surface area (Å²) < 4.78 is 15.2. The summed E-state index contributed by atoms with van der Waals surface area (Å²) in [7, 11) is 1.63. The summed E-state index contributed by atoms with van der Waals surface area (Å²) in [6, 6.07) is 0. The zero-order valence-corrected chi connectivity index (χ0v) is 7.62. The topological polar surface area (TPSA) is 30.9 Å². The molecule has 4 heteroatoms. The molecule has 0 unspecified atom stereocenters. The van der Waals surface area contributed by atoms with Crippen molar-refractivity contribution in [2.24, 2.45) is 0 Å². The van der Waals surface area contributed by atoms with Crippen molar-refractivity contribution in [1.29, 1.82) is 0 Å². The molecule has 12 heavy (non-hydrogen) atoms. The van der Waals surface area contributed by atoms with Gasteiger partial charge in [0.2, 0.25) is 0 Å². The van der Waals surface area contributed by atoms with Gasteiger partial charge in [-0.1, -0.05) is 0 Å².